The molecule has 2 fully saturated rings. The maximum absolute atomic E-state index is 11.5. The van der Waals surface area contributed by atoms with E-state index in [1.54, 1.807) is 11.3 Å². The van der Waals surface area contributed by atoms with Crippen molar-refractivity contribution in [2.24, 2.45) is 0 Å². The molecule has 4 heterocycles. The smallest absolute Gasteiger partial charge is 0.246 e. The molecule has 2 aromatic heterocycles. The molecular weight excluding hydrogens is 274 g/mol. The van der Waals surface area contributed by atoms with Crippen LogP contribution in [0.3, 0.4) is 0 Å². The van der Waals surface area contributed by atoms with Gasteiger partial charge in [-0.1, -0.05) is 0 Å². The first-order valence-corrected chi connectivity index (χ1v) is 7.67. The van der Waals surface area contributed by atoms with Crippen LogP contribution in [0.5, 0.6) is 0 Å². The molecule has 0 spiro atoms. The third kappa shape index (κ3) is 1.96. The summed E-state index contributed by atoms with van der Waals surface area (Å²) < 4.78 is 6.82. The van der Waals surface area contributed by atoms with Gasteiger partial charge in [0.15, 0.2) is 0 Å². The molecule has 0 aromatic carbocycles. The van der Waals surface area contributed by atoms with Gasteiger partial charge in [-0.25, -0.2) is 0 Å². The van der Waals surface area contributed by atoms with Gasteiger partial charge in [0, 0.05) is 19.3 Å². The SMILES string of the molecule is O=C1CO[C@@H]2CCN(c3ccnc4ccsc34)C[C@H]2N1. The molecule has 104 valence electrons. The number of nitrogens with one attached hydrogen (secondary N) is 1. The standard InChI is InChI=1S/C14H15N3O2S/c18-13-8-19-12-2-5-17(7-10(12)16-13)11-1-4-15-9-3-6-20-14(9)11/h1,3-4,6,10,12H,2,5,7-8H2,(H,16,18)/t10-,12-/m1/s1. The van der Waals surface area contributed by atoms with Crippen molar-refractivity contribution in [2.75, 3.05) is 24.6 Å². The third-order valence-electron chi connectivity index (χ3n) is 3.99. The number of hydrogen-bond donors (Lipinski definition) is 1. The Bertz CT molecular complexity index is 657. The lowest BCUT2D eigenvalue weighted by Crippen LogP contribution is -2.60. The van der Waals surface area contributed by atoms with Crippen LogP contribution in [0.4, 0.5) is 5.69 Å². The zero-order valence-electron chi connectivity index (χ0n) is 10.9. The van der Waals surface area contributed by atoms with Crippen molar-refractivity contribution in [3.63, 3.8) is 0 Å². The number of fused-ring (bicyclic) bond motifs is 2. The average molecular weight is 289 g/mol. The molecule has 0 aliphatic carbocycles. The minimum absolute atomic E-state index is 0.0101. The van der Waals surface area contributed by atoms with Crippen LogP contribution in [0, 0.1) is 0 Å². The summed E-state index contributed by atoms with van der Waals surface area (Å²) in [5.41, 5.74) is 2.25. The molecule has 0 unspecified atom stereocenters. The predicted octanol–water partition coefficient (Wildman–Crippen LogP) is 1.39. The van der Waals surface area contributed by atoms with E-state index in [-0.39, 0.29) is 24.7 Å². The van der Waals surface area contributed by atoms with Crippen LogP contribution in [0.15, 0.2) is 23.7 Å². The van der Waals surface area contributed by atoms with E-state index < -0.39 is 0 Å². The second kappa shape index (κ2) is 4.71. The summed E-state index contributed by atoms with van der Waals surface area (Å²) in [6.45, 7) is 1.95. The first-order valence-electron chi connectivity index (χ1n) is 6.79. The maximum atomic E-state index is 11.5. The number of anilines is 1. The molecule has 0 bridgehead atoms. The minimum Gasteiger partial charge on any atom is -0.368 e. The Morgan fingerprint density at radius 1 is 1.45 bits per heavy atom. The van der Waals surface area contributed by atoms with Gasteiger partial charge in [-0.3, -0.25) is 9.78 Å². The second-order valence-corrected chi connectivity index (χ2v) is 6.14. The minimum atomic E-state index is -0.0101. The van der Waals surface area contributed by atoms with Crippen LogP contribution < -0.4 is 10.2 Å². The van der Waals surface area contributed by atoms with Crippen molar-refractivity contribution in [1.82, 2.24) is 10.3 Å². The van der Waals surface area contributed by atoms with E-state index in [0.29, 0.717) is 0 Å². The Morgan fingerprint density at radius 3 is 3.35 bits per heavy atom. The molecule has 20 heavy (non-hydrogen) atoms. The zero-order valence-corrected chi connectivity index (χ0v) is 11.7. The fraction of sp³-hybridized carbons (Fsp3) is 0.429. The molecule has 0 radical (unpaired) electrons. The quantitative estimate of drug-likeness (QED) is 0.862. The van der Waals surface area contributed by atoms with Crippen molar-refractivity contribution in [3.05, 3.63) is 23.7 Å². The maximum Gasteiger partial charge on any atom is 0.246 e. The number of carbonyl (C=O) groups excluding carboxylic acids is 1. The Hall–Kier alpha value is -1.66. The largest absolute Gasteiger partial charge is 0.368 e. The van der Waals surface area contributed by atoms with Gasteiger partial charge in [-0.05, 0) is 23.9 Å². The molecule has 1 N–H and O–H groups in total. The Balaban J connectivity index is 1.63. The van der Waals surface area contributed by atoms with E-state index in [0.717, 1.165) is 25.0 Å². The van der Waals surface area contributed by atoms with Gasteiger partial charge in [0.05, 0.1) is 28.0 Å². The number of hydrogen-bond acceptors (Lipinski definition) is 5. The summed E-state index contributed by atoms with van der Waals surface area (Å²) in [7, 11) is 0. The number of rotatable bonds is 1. The number of thiophene rings is 1. The van der Waals surface area contributed by atoms with Gasteiger partial charge in [0.2, 0.25) is 5.91 Å². The Labute approximate surface area is 120 Å². The van der Waals surface area contributed by atoms with Crippen molar-refractivity contribution < 1.29 is 9.53 Å². The van der Waals surface area contributed by atoms with Crippen molar-refractivity contribution in [3.8, 4) is 0 Å². The number of morpholine rings is 1. The number of ether oxygens (including phenoxy) is 1. The number of nitrogens with zero attached hydrogens (tertiary/aromatic N) is 2. The monoisotopic (exact) mass is 289 g/mol. The summed E-state index contributed by atoms with van der Waals surface area (Å²) in [4.78, 5) is 18.2. The van der Waals surface area contributed by atoms with Gasteiger partial charge in [0.1, 0.15) is 6.61 Å². The molecule has 2 aromatic rings. The fourth-order valence-electron chi connectivity index (χ4n) is 3.03. The highest BCUT2D eigenvalue weighted by Crippen LogP contribution is 2.32. The van der Waals surface area contributed by atoms with Crippen LogP contribution in [0.1, 0.15) is 6.42 Å². The molecule has 4 rings (SSSR count). The summed E-state index contributed by atoms with van der Waals surface area (Å²) in [5.74, 6) is -0.0101. The first-order chi connectivity index (χ1) is 9.81. The summed E-state index contributed by atoms with van der Waals surface area (Å²) in [5, 5.41) is 5.11. The molecule has 2 atom stereocenters. The van der Waals surface area contributed by atoms with E-state index in [9.17, 15) is 4.79 Å². The van der Waals surface area contributed by atoms with E-state index in [2.05, 4.69) is 26.6 Å². The number of amides is 1. The molecule has 6 heteroatoms. The number of aromatic nitrogens is 1. The Kier molecular flexibility index (Phi) is 2.85. The first kappa shape index (κ1) is 12.1. The average Bonchev–Trinajstić information content (AvgIpc) is 2.94. The number of pyridine rings is 1. The molecule has 2 saturated heterocycles. The normalized spacial score (nSPS) is 26.4. The van der Waals surface area contributed by atoms with Gasteiger partial charge in [-0.2, -0.15) is 0 Å². The summed E-state index contributed by atoms with van der Waals surface area (Å²) in [6.07, 6.45) is 2.96. The predicted molar refractivity (Wildman–Crippen MR) is 78.1 cm³/mol. The molecule has 2 aliphatic rings. The molecule has 2 aliphatic heterocycles. The van der Waals surface area contributed by atoms with Crippen molar-refractivity contribution in [2.45, 2.75) is 18.6 Å². The lowest BCUT2D eigenvalue weighted by Gasteiger charge is -2.42. The van der Waals surface area contributed by atoms with Crippen LogP contribution in [0.25, 0.3) is 10.2 Å². The molecule has 5 nitrogen and oxygen atoms in total. The van der Waals surface area contributed by atoms with Gasteiger partial charge < -0.3 is 15.0 Å². The van der Waals surface area contributed by atoms with E-state index in [1.807, 2.05) is 12.3 Å². The van der Waals surface area contributed by atoms with Crippen molar-refractivity contribution >= 4 is 33.1 Å². The van der Waals surface area contributed by atoms with E-state index >= 15 is 0 Å². The zero-order chi connectivity index (χ0) is 13.5. The molecule has 0 saturated carbocycles. The molecule has 1 amide bonds. The molecular formula is C14H15N3O2S. The van der Waals surface area contributed by atoms with Crippen LogP contribution in [0.2, 0.25) is 0 Å². The van der Waals surface area contributed by atoms with Gasteiger partial charge >= 0.3 is 0 Å². The Morgan fingerprint density at radius 2 is 2.40 bits per heavy atom. The summed E-state index contributed by atoms with van der Waals surface area (Å²) in [6, 6.07) is 4.19. The van der Waals surface area contributed by atoms with Gasteiger partial charge in [0.25, 0.3) is 0 Å². The van der Waals surface area contributed by atoms with Gasteiger partial charge in [-0.15, -0.1) is 11.3 Å². The number of carbonyl (C=O) groups is 1. The number of piperidine rings is 1. The third-order valence-corrected chi connectivity index (χ3v) is 4.91. The fourth-order valence-corrected chi connectivity index (χ4v) is 3.92. The lowest BCUT2D eigenvalue weighted by molar-refractivity contribution is -0.137. The highest BCUT2D eigenvalue weighted by atomic mass is 32.1. The lowest BCUT2D eigenvalue weighted by atomic mass is 10.00. The highest BCUT2D eigenvalue weighted by Gasteiger charge is 2.35. The van der Waals surface area contributed by atoms with E-state index in [1.165, 1.54) is 10.4 Å². The highest BCUT2D eigenvalue weighted by molar-refractivity contribution is 7.17. The van der Waals surface area contributed by atoms with Crippen LogP contribution in [-0.4, -0.2) is 42.7 Å². The van der Waals surface area contributed by atoms with E-state index in [4.69, 9.17) is 4.74 Å². The van der Waals surface area contributed by atoms with Crippen LogP contribution >= 0.6 is 11.3 Å². The van der Waals surface area contributed by atoms with Crippen molar-refractivity contribution in [1.29, 1.82) is 0 Å². The van der Waals surface area contributed by atoms with Crippen LogP contribution in [-0.2, 0) is 9.53 Å². The summed E-state index contributed by atoms with van der Waals surface area (Å²) >= 11 is 1.71. The topological polar surface area (TPSA) is 54.5 Å². The second-order valence-electron chi connectivity index (χ2n) is 5.22.